The number of hydrogen-bond acceptors (Lipinski definition) is 6. The van der Waals surface area contributed by atoms with Crippen LogP contribution in [0, 0.1) is 0 Å². The molecule has 11 heteroatoms. The van der Waals surface area contributed by atoms with Gasteiger partial charge in [0.25, 0.3) is 5.91 Å². The molecule has 11 nitrogen and oxygen atoms in total. The van der Waals surface area contributed by atoms with Crippen LogP contribution in [0.5, 0.6) is 0 Å². The van der Waals surface area contributed by atoms with Crippen LogP contribution in [0.3, 0.4) is 0 Å². The number of ether oxygens (including phenoxy) is 2. The van der Waals surface area contributed by atoms with Gasteiger partial charge in [-0.2, -0.15) is 0 Å². The predicted octanol–water partition coefficient (Wildman–Crippen LogP) is 1.73. The van der Waals surface area contributed by atoms with E-state index >= 15 is 0 Å². The summed E-state index contributed by atoms with van der Waals surface area (Å²) in [6.45, 7) is 0.929. The summed E-state index contributed by atoms with van der Waals surface area (Å²) >= 11 is 0. The van der Waals surface area contributed by atoms with E-state index in [1.807, 2.05) is 19.0 Å². The first-order valence-electron chi connectivity index (χ1n) is 9.62. The van der Waals surface area contributed by atoms with E-state index in [1.165, 1.54) is 31.0 Å². The molecule has 0 unspecified atom stereocenters. The number of aromatic nitrogens is 2. The minimum absolute atomic E-state index is 0.0184. The predicted molar refractivity (Wildman–Crippen MR) is 114 cm³/mol. The molecule has 0 aliphatic carbocycles. The number of carbonyl (C=O) groups is 3. The van der Waals surface area contributed by atoms with E-state index < -0.39 is 11.9 Å². The molecule has 0 aliphatic heterocycles. The van der Waals surface area contributed by atoms with Crippen molar-refractivity contribution in [1.29, 1.82) is 0 Å². The van der Waals surface area contributed by atoms with E-state index in [9.17, 15) is 19.5 Å². The van der Waals surface area contributed by atoms with Crippen LogP contribution in [0.1, 0.15) is 33.8 Å². The SMILES string of the molecule is COCn1cc(NC(=O)c2cc(NC(=O)CCCN(C)C)cn2COC)cc1C(=O)O. The highest BCUT2D eigenvalue weighted by atomic mass is 16.5. The average Bonchev–Trinajstić information content (AvgIpc) is 3.26. The number of nitrogens with one attached hydrogen (secondary N) is 2. The van der Waals surface area contributed by atoms with Crippen LogP contribution in [-0.2, 0) is 27.7 Å². The summed E-state index contributed by atoms with van der Waals surface area (Å²) < 4.78 is 13.0. The van der Waals surface area contributed by atoms with Crippen molar-refractivity contribution in [2.45, 2.75) is 26.3 Å². The number of amides is 2. The molecule has 3 N–H and O–H groups in total. The van der Waals surface area contributed by atoms with Gasteiger partial charge in [-0.15, -0.1) is 0 Å². The fourth-order valence-corrected chi connectivity index (χ4v) is 2.99. The van der Waals surface area contributed by atoms with Crippen LogP contribution >= 0.6 is 0 Å². The van der Waals surface area contributed by atoms with Crippen molar-refractivity contribution >= 4 is 29.2 Å². The number of carboxylic acids is 1. The Morgan fingerprint density at radius 2 is 1.52 bits per heavy atom. The van der Waals surface area contributed by atoms with Crippen molar-refractivity contribution in [3.8, 4) is 0 Å². The zero-order valence-electron chi connectivity index (χ0n) is 18.2. The number of hydrogen-bond donors (Lipinski definition) is 3. The number of methoxy groups -OCH3 is 2. The van der Waals surface area contributed by atoms with Crippen LogP contribution in [0.4, 0.5) is 11.4 Å². The molecule has 170 valence electrons. The largest absolute Gasteiger partial charge is 0.477 e. The molecule has 31 heavy (non-hydrogen) atoms. The number of carboxylic acid groups (broad SMARTS) is 1. The van der Waals surface area contributed by atoms with Crippen LogP contribution in [0.25, 0.3) is 0 Å². The first kappa shape index (κ1) is 24.1. The van der Waals surface area contributed by atoms with Gasteiger partial charge in [0.15, 0.2) is 0 Å². The van der Waals surface area contributed by atoms with Crippen molar-refractivity contribution < 1.29 is 29.0 Å². The van der Waals surface area contributed by atoms with Gasteiger partial charge in [-0.1, -0.05) is 0 Å². The maximum atomic E-state index is 12.8. The van der Waals surface area contributed by atoms with Gasteiger partial charge in [-0.3, -0.25) is 9.59 Å². The third kappa shape index (κ3) is 6.95. The standard InChI is InChI=1S/C20H29N5O6/c1-23(2)7-5-6-18(26)21-14-8-16(24(10-14)12-30-3)19(27)22-15-9-17(20(28)29)25(11-15)13-31-4/h8-11H,5-7,12-13H2,1-4H3,(H,21,26)(H,22,27)(H,28,29). The second-order valence-electron chi connectivity index (χ2n) is 7.22. The molecule has 2 aromatic heterocycles. The Labute approximate surface area is 180 Å². The number of carbonyl (C=O) groups excluding carboxylic acids is 2. The maximum Gasteiger partial charge on any atom is 0.352 e. The zero-order chi connectivity index (χ0) is 23.0. The minimum atomic E-state index is -1.14. The van der Waals surface area contributed by atoms with Gasteiger partial charge in [0.1, 0.15) is 24.8 Å². The molecule has 0 spiro atoms. The number of aromatic carboxylic acids is 1. The quantitative estimate of drug-likeness (QED) is 0.463. The summed E-state index contributed by atoms with van der Waals surface area (Å²) in [5.74, 6) is -1.76. The van der Waals surface area contributed by atoms with Gasteiger partial charge < -0.3 is 39.2 Å². The van der Waals surface area contributed by atoms with Gasteiger partial charge in [0.05, 0.1) is 11.4 Å². The van der Waals surface area contributed by atoms with Crippen LogP contribution in [0.2, 0.25) is 0 Å². The Bertz CT molecular complexity index is 917. The molecule has 0 fully saturated rings. The van der Waals surface area contributed by atoms with E-state index in [2.05, 4.69) is 10.6 Å². The lowest BCUT2D eigenvalue weighted by Gasteiger charge is -2.08. The number of anilines is 2. The second-order valence-corrected chi connectivity index (χ2v) is 7.22. The third-order valence-electron chi connectivity index (χ3n) is 4.33. The highest BCUT2D eigenvalue weighted by Gasteiger charge is 2.18. The highest BCUT2D eigenvalue weighted by Crippen LogP contribution is 2.19. The first-order valence-corrected chi connectivity index (χ1v) is 9.62. The highest BCUT2D eigenvalue weighted by molar-refractivity contribution is 6.05. The van der Waals surface area contributed by atoms with Crippen LogP contribution in [-0.4, -0.2) is 71.8 Å². The molecule has 0 saturated heterocycles. The molecule has 0 bridgehead atoms. The molecule has 2 aromatic rings. The lowest BCUT2D eigenvalue weighted by molar-refractivity contribution is -0.116. The van der Waals surface area contributed by atoms with E-state index in [0.29, 0.717) is 17.8 Å². The van der Waals surface area contributed by atoms with Crippen LogP contribution in [0.15, 0.2) is 24.5 Å². The molecular formula is C20H29N5O6. The Balaban J connectivity index is 2.13. The van der Waals surface area contributed by atoms with Crippen molar-refractivity contribution in [1.82, 2.24) is 14.0 Å². The van der Waals surface area contributed by atoms with Crippen LogP contribution < -0.4 is 10.6 Å². The van der Waals surface area contributed by atoms with Gasteiger partial charge >= 0.3 is 5.97 Å². The normalized spacial score (nSPS) is 11.0. The Hall–Kier alpha value is -3.15. The summed E-state index contributed by atoms with van der Waals surface area (Å²) in [6, 6.07) is 2.89. The van der Waals surface area contributed by atoms with Gasteiger partial charge in [-0.25, -0.2) is 4.79 Å². The lowest BCUT2D eigenvalue weighted by Crippen LogP contribution is -2.17. The molecule has 0 saturated carbocycles. The first-order chi connectivity index (χ1) is 14.7. The van der Waals surface area contributed by atoms with Crippen molar-refractivity contribution in [3.05, 3.63) is 35.9 Å². The van der Waals surface area contributed by atoms with Gasteiger partial charge in [-0.05, 0) is 39.2 Å². The molecule has 0 radical (unpaired) electrons. The second kappa shape index (κ2) is 11.3. The smallest absolute Gasteiger partial charge is 0.352 e. The maximum absolute atomic E-state index is 12.8. The molecule has 2 rings (SSSR count). The lowest BCUT2D eigenvalue weighted by atomic mass is 10.3. The monoisotopic (exact) mass is 435 g/mol. The number of rotatable bonds is 12. The van der Waals surface area contributed by atoms with E-state index in [1.54, 1.807) is 16.8 Å². The molecule has 0 aliphatic rings. The summed E-state index contributed by atoms with van der Waals surface area (Å²) in [5, 5.41) is 14.8. The molecule has 2 amide bonds. The summed E-state index contributed by atoms with van der Waals surface area (Å²) in [6.07, 6.45) is 4.17. The topological polar surface area (TPSA) is 127 Å². The summed E-state index contributed by atoms with van der Waals surface area (Å²) in [7, 11) is 6.82. The summed E-state index contributed by atoms with van der Waals surface area (Å²) in [4.78, 5) is 38.3. The van der Waals surface area contributed by atoms with Crippen molar-refractivity contribution in [2.24, 2.45) is 0 Å². The fourth-order valence-electron chi connectivity index (χ4n) is 2.99. The van der Waals surface area contributed by atoms with E-state index in [0.717, 1.165) is 13.0 Å². The molecule has 2 heterocycles. The van der Waals surface area contributed by atoms with Gasteiger partial charge in [0.2, 0.25) is 5.91 Å². The minimum Gasteiger partial charge on any atom is -0.477 e. The Morgan fingerprint density at radius 1 is 0.968 bits per heavy atom. The Morgan fingerprint density at radius 3 is 2.06 bits per heavy atom. The third-order valence-corrected chi connectivity index (χ3v) is 4.33. The molecular weight excluding hydrogens is 406 g/mol. The number of nitrogens with zero attached hydrogens (tertiary/aromatic N) is 3. The van der Waals surface area contributed by atoms with E-state index in [4.69, 9.17) is 9.47 Å². The van der Waals surface area contributed by atoms with E-state index in [-0.39, 0.29) is 30.8 Å². The summed E-state index contributed by atoms with van der Waals surface area (Å²) in [5.41, 5.74) is 1.01. The molecule has 0 aromatic carbocycles. The zero-order valence-corrected chi connectivity index (χ0v) is 18.2. The van der Waals surface area contributed by atoms with Crippen molar-refractivity contribution in [2.75, 3.05) is 45.5 Å². The van der Waals surface area contributed by atoms with Crippen molar-refractivity contribution in [3.63, 3.8) is 0 Å². The average molecular weight is 435 g/mol. The molecule has 0 atom stereocenters. The fraction of sp³-hybridized carbons (Fsp3) is 0.450. The van der Waals surface area contributed by atoms with Gasteiger partial charge in [0, 0.05) is 33.0 Å². The Kier molecular flexibility index (Phi) is 8.79.